The van der Waals surface area contributed by atoms with Gasteiger partial charge in [-0.05, 0) is 44.2 Å². The lowest BCUT2D eigenvalue weighted by Gasteiger charge is -2.11. The molecule has 0 aliphatic rings. The van der Waals surface area contributed by atoms with Crippen molar-refractivity contribution in [1.29, 1.82) is 0 Å². The van der Waals surface area contributed by atoms with E-state index in [4.69, 9.17) is 0 Å². The van der Waals surface area contributed by atoms with Gasteiger partial charge in [-0.2, -0.15) is 10.2 Å². The van der Waals surface area contributed by atoms with Crippen molar-refractivity contribution < 1.29 is 4.39 Å². The number of rotatable bonds is 5. The van der Waals surface area contributed by atoms with Gasteiger partial charge in [0.25, 0.3) is 0 Å². The Balaban J connectivity index is 1.65. The first-order valence-corrected chi connectivity index (χ1v) is 7.56. The molecule has 0 amide bonds. The van der Waals surface area contributed by atoms with E-state index in [-0.39, 0.29) is 11.9 Å². The Labute approximate surface area is 134 Å². The van der Waals surface area contributed by atoms with Crippen LogP contribution in [-0.2, 0) is 13.6 Å². The molecule has 0 saturated heterocycles. The number of hydrogen-bond donors (Lipinski definition) is 2. The molecule has 23 heavy (non-hydrogen) atoms. The van der Waals surface area contributed by atoms with Crippen molar-refractivity contribution in [1.82, 2.24) is 25.3 Å². The second-order valence-electron chi connectivity index (χ2n) is 5.73. The van der Waals surface area contributed by atoms with Crippen LogP contribution in [0.3, 0.4) is 0 Å². The summed E-state index contributed by atoms with van der Waals surface area (Å²) in [5, 5.41) is 15.1. The zero-order valence-corrected chi connectivity index (χ0v) is 13.5. The van der Waals surface area contributed by atoms with Gasteiger partial charge in [-0.3, -0.25) is 9.78 Å². The molecule has 3 aromatic rings. The van der Waals surface area contributed by atoms with Gasteiger partial charge in [-0.1, -0.05) is 0 Å². The molecular weight excluding hydrogens is 293 g/mol. The second kappa shape index (κ2) is 6.34. The average Bonchev–Trinajstić information content (AvgIpc) is 3.12. The monoisotopic (exact) mass is 313 g/mol. The summed E-state index contributed by atoms with van der Waals surface area (Å²) in [6.45, 7) is 4.79. The van der Waals surface area contributed by atoms with Crippen LogP contribution in [0.25, 0.3) is 11.3 Å². The Kier molecular flexibility index (Phi) is 4.25. The van der Waals surface area contributed by atoms with E-state index in [1.54, 1.807) is 12.1 Å². The predicted octanol–water partition coefficient (Wildman–Crippen LogP) is 3.11. The van der Waals surface area contributed by atoms with Gasteiger partial charge >= 0.3 is 0 Å². The van der Waals surface area contributed by atoms with Crippen LogP contribution < -0.4 is 5.32 Å². The largest absolute Gasteiger partial charge is 0.304 e. The Morgan fingerprint density at radius 1 is 1.30 bits per heavy atom. The molecule has 2 heterocycles. The quantitative estimate of drug-likeness (QED) is 0.761. The fraction of sp³-hybridized carbons (Fsp3) is 0.294. The lowest BCUT2D eigenvalue weighted by atomic mass is 10.1. The molecule has 1 aromatic carbocycles. The van der Waals surface area contributed by atoms with E-state index in [9.17, 15) is 4.39 Å². The number of nitrogens with zero attached hydrogens (tertiary/aromatic N) is 3. The molecule has 0 radical (unpaired) electrons. The van der Waals surface area contributed by atoms with Crippen LogP contribution in [0.4, 0.5) is 4.39 Å². The van der Waals surface area contributed by atoms with Crippen LogP contribution in [0.1, 0.15) is 29.9 Å². The lowest BCUT2D eigenvalue weighted by Crippen LogP contribution is -2.18. The average molecular weight is 313 g/mol. The lowest BCUT2D eigenvalue weighted by molar-refractivity contribution is 0.564. The molecule has 120 valence electrons. The van der Waals surface area contributed by atoms with Crippen molar-refractivity contribution in [2.45, 2.75) is 26.4 Å². The van der Waals surface area contributed by atoms with Crippen molar-refractivity contribution >= 4 is 0 Å². The Bertz CT molecular complexity index is 788. The topological polar surface area (TPSA) is 58.5 Å². The number of aromatic nitrogens is 4. The standard InChI is InChI=1S/C17H20FN5/c1-11(16-10-23(3)22-12(16)2)19-9-15-8-17(21-20-15)13-4-6-14(18)7-5-13/h4-8,10-11,19H,9H2,1-3H3,(H,20,21). The first-order chi connectivity index (χ1) is 11.0. The van der Waals surface area contributed by atoms with Gasteiger partial charge in [0.2, 0.25) is 0 Å². The van der Waals surface area contributed by atoms with E-state index < -0.39 is 0 Å². The van der Waals surface area contributed by atoms with E-state index in [0.717, 1.165) is 22.6 Å². The zero-order valence-electron chi connectivity index (χ0n) is 13.5. The molecule has 0 saturated carbocycles. The summed E-state index contributed by atoms with van der Waals surface area (Å²) in [4.78, 5) is 0. The van der Waals surface area contributed by atoms with Crippen LogP contribution in [0.5, 0.6) is 0 Å². The van der Waals surface area contributed by atoms with Crippen LogP contribution in [0.2, 0.25) is 0 Å². The maximum absolute atomic E-state index is 13.0. The molecule has 5 nitrogen and oxygen atoms in total. The van der Waals surface area contributed by atoms with Gasteiger partial charge < -0.3 is 5.32 Å². The minimum Gasteiger partial charge on any atom is -0.304 e. The van der Waals surface area contributed by atoms with Gasteiger partial charge in [0.15, 0.2) is 0 Å². The second-order valence-corrected chi connectivity index (χ2v) is 5.73. The molecule has 2 N–H and O–H groups in total. The van der Waals surface area contributed by atoms with Crippen molar-refractivity contribution in [3.63, 3.8) is 0 Å². The number of H-pyrrole nitrogens is 1. The smallest absolute Gasteiger partial charge is 0.123 e. The first-order valence-electron chi connectivity index (χ1n) is 7.56. The number of aromatic amines is 1. The summed E-state index contributed by atoms with van der Waals surface area (Å²) in [5.74, 6) is -0.244. The van der Waals surface area contributed by atoms with Crippen LogP contribution >= 0.6 is 0 Å². The van der Waals surface area contributed by atoms with Crippen molar-refractivity contribution in [3.05, 3.63) is 59.3 Å². The minimum absolute atomic E-state index is 0.196. The van der Waals surface area contributed by atoms with E-state index in [2.05, 4.69) is 27.5 Å². The SMILES string of the molecule is Cc1nn(C)cc1C(C)NCc1cc(-c2ccc(F)cc2)n[nH]1. The van der Waals surface area contributed by atoms with Gasteiger partial charge in [0.05, 0.1) is 11.4 Å². The third-order valence-electron chi connectivity index (χ3n) is 3.89. The maximum atomic E-state index is 13.0. The number of benzene rings is 1. The van der Waals surface area contributed by atoms with Crippen LogP contribution in [-0.4, -0.2) is 20.0 Å². The van der Waals surface area contributed by atoms with E-state index >= 15 is 0 Å². The Morgan fingerprint density at radius 2 is 2.04 bits per heavy atom. The van der Waals surface area contributed by atoms with Gasteiger partial charge in [-0.25, -0.2) is 4.39 Å². The highest BCUT2D eigenvalue weighted by atomic mass is 19.1. The number of hydrogen-bond acceptors (Lipinski definition) is 3. The molecule has 3 rings (SSSR count). The first kappa shape index (κ1) is 15.4. The summed E-state index contributed by atoms with van der Waals surface area (Å²) in [6.07, 6.45) is 2.03. The summed E-state index contributed by atoms with van der Waals surface area (Å²) >= 11 is 0. The molecule has 2 aromatic heterocycles. The van der Waals surface area contributed by atoms with E-state index in [1.165, 1.54) is 17.7 Å². The third kappa shape index (κ3) is 3.48. The number of aryl methyl sites for hydroxylation is 2. The van der Waals surface area contributed by atoms with E-state index in [1.807, 2.05) is 30.9 Å². The normalized spacial score (nSPS) is 12.5. The van der Waals surface area contributed by atoms with E-state index in [0.29, 0.717) is 6.54 Å². The van der Waals surface area contributed by atoms with Crippen molar-refractivity contribution in [2.24, 2.45) is 7.05 Å². The van der Waals surface area contributed by atoms with Gasteiger partial charge in [0, 0.05) is 42.7 Å². The fourth-order valence-electron chi connectivity index (χ4n) is 2.64. The molecule has 6 heteroatoms. The minimum atomic E-state index is -0.244. The van der Waals surface area contributed by atoms with Gasteiger partial charge in [-0.15, -0.1) is 0 Å². The third-order valence-corrected chi connectivity index (χ3v) is 3.89. The molecule has 0 spiro atoms. The maximum Gasteiger partial charge on any atom is 0.123 e. The van der Waals surface area contributed by atoms with Crippen molar-refractivity contribution in [2.75, 3.05) is 0 Å². The Hall–Kier alpha value is -2.47. The fourth-order valence-corrected chi connectivity index (χ4v) is 2.64. The molecule has 1 atom stereocenters. The highest BCUT2D eigenvalue weighted by Crippen LogP contribution is 2.19. The van der Waals surface area contributed by atoms with Crippen molar-refractivity contribution in [3.8, 4) is 11.3 Å². The summed E-state index contributed by atoms with van der Waals surface area (Å²) in [6, 6.07) is 8.50. The summed E-state index contributed by atoms with van der Waals surface area (Å²) in [7, 11) is 1.92. The number of halogens is 1. The highest BCUT2D eigenvalue weighted by molar-refractivity contribution is 5.58. The highest BCUT2D eigenvalue weighted by Gasteiger charge is 2.12. The molecule has 1 unspecified atom stereocenters. The molecule has 0 bridgehead atoms. The van der Waals surface area contributed by atoms with Crippen LogP contribution in [0, 0.1) is 12.7 Å². The predicted molar refractivity (Wildman–Crippen MR) is 87.2 cm³/mol. The zero-order chi connectivity index (χ0) is 16.4. The van der Waals surface area contributed by atoms with Crippen LogP contribution in [0.15, 0.2) is 36.5 Å². The summed E-state index contributed by atoms with van der Waals surface area (Å²) in [5.41, 5.74) is 4.91. The molecule has 0 fully saturated rings. The molecule has 0 aliphatic carbocycles. The summed E-state index contributed by atoms with van der Waals surface area (Å²) < 4.78 is 14.8. The molecule has 0 aliphatic heterocycles. The number of nitrogens with one attached hydrogen (secondary N) is 2. The van der Waals surface area contributed by atoms with Gasteiger partial charge in [0.1, 0.15) is 5.82 Å². The molecular formula is C17H20FN5. The Morgan fingerprint density at radius 3 is 2.70 bits per heavy atom.